The van der Waals surface area contributed by atoms with Crippen molar-refractivity contribution in [3.63, 3.8) is 0 Å². The number of nitrogens with two attached hydrogens (primary N) is 2. The van der Waals surface area contributed by atoms with Gasteiger partial charge in [-0.15, -0.1) is 0 Å². The van der Waals surface area contributed by atoms with E-state index in [-0.39, 0.29) is 10.9 Å². The van der Waals surface area contributed by atoms with Crippen LogP contribution in [0, 0.1) is 12.8 Å². The SMILES string of the molecule is Cc1c(N(CC2CC2)C(C)C)cc(N)cc1S(N)(=O)=O. The molecule has 2 rings (SSSR count). The summed E-state index contributed by atoms with van der Waals surface area (Å²) in [6, 6.07) is 3.56. The third kappa shape index (κ3) is 3.24. The van der Waals surface area contributed by atoms with Crippen LogP contribution in [0.25, 0.3) is 0 Å². The van der Waals surface area contributed by atoms with Crippen LogP contribution >= 0.6 is 0 Å². The number of rotatable bonds is 5. The van der Waals surface area contributed by atoms with Crippen molar-refractivity contribution in [1.82, 2.24) is 0 Å². The largest absolute Gasteiger partial charge is 0.399 e. The summed E-state index contributed by atoms with van der Waals surface area (Å²) < 4.78 is 23.4. The van der Waals surface area contributed by atoms with Gasteiger partial charge in [0.2, 0.25) is 10.0 Å². The molecular weight excluding hydrogens is 274 g/mol. The molecule has 0 saturated heterocycles. The highest BCUT2D eigenvalue weighted by Gasteiger charge is 2.27. The highest BCUT2D eigenvalue weighted by molar-refractivity contribution is 7.89. The summed E-state index contributed by atoms with van der Waals surface area (Å²) in [5.41, 5.74) is 7.84. The van der Waals surface area contributed by atoms with E-state index in [4.69, 9.17) is 10.9 Å². The smallest absolute Gasteiger partial charge is 0.238 e. The first-order chi connectivity index (χ1) is 9.20. The van der Waals surface area contributed by atoms with Crippen molar-refractivity contribution < 1.29 is 8.42 Å². The molecule has 1 aliphatic rings. The maximum Gasteiger partial charge on any atom is 0.238 e. The van der Waals surface area contributed by atoms with Crippen molar-refractivity contribution in [3.05, 3.63) is 17.7 Å². The van der Waals surface area contributed by atoms with Crippen LogP contribution in [0.4, 0.5) is 11.4 Å². The standard InChI is InChI=1S/C14H23N3O2S/c1-9(2)17(8-11-4-5-11)13-6-12(15)7-14(10(13)3)20(16,18)19/h6-7,9,11H,4-5,8,15H2,1-3H3,(H2,16,18,19). The van der Waals surface area contributed by atoms with Crippen molar-refractivity contribution in [1.29, 1.82) is 0 Å². The Morgan fingerprint density at radius 2 is 1.95 bits per heavy atom. The van der Waals surface area contributed by atoms with Gasteiger partial charge in [-0.1, -0.05) is 0 Å². The van der Waals surface area contributed by atoms with Crippen LogP contribution in [0.1, 0.15) is 32.3 Å². The first-order valence-corrected chi connectivity index (χ1v) is 8.44. The van der Waals surface area contributed by atoms with Crippen molar-refractivity contribution >= 4 is 21.4 Å². The van der Waals surface area contributed by atoms with E-state index >= 15 is 0 Å². The normalized spacial score (nSPS) is 15.7. The molecule has 1 aromatic carbocycles. The summed E-state index contributed by atoms with van der Waals surface area (Å²) >= 11 is 0. The van der Waals surface area contributed by atoms with Gasteiger partial charge in [-0.05, 0) is 57.2 Å². The minimum atomic E-state index is -3.76. The molecule has 1 saturated carbocycles. The molecule has 1 fully saturated rings. The summed E-state index contributed by atoms with van der Waals surface area (Å²) in [4.78, 5) is 2.34. The third-order valence-corrected chi connectivity index (χ3v) is 4.78. The van der Waals surface area contributed by atoms with E-state index < -0.39 is 10.0 Å². The lowest BCUT2D eigenvalue weighted by molar-refractivity contribution is 0.596. The molecule has 20 heavy (non-hydrogen) atoms. The second kappa shape index (κ2) is 5.26. The molecule has 0 spiro atoms. The van der Waals surface area contributed by atoms with E-state index in [0.717, 1.165) is 12.2 Å². The van der Waals surface area contributed by atoms with Gasteiger partial charge >= 0.3 is 0 Å². The Kier molecular flexibility index (Phi) is 3.97. The van der Waals surface area contributed by atoms with Crippen LogP contribution in [-0.4, -0.2) is 21.0 Å². The van der Waals surface area contributed by atoms with Gasteiger partial charge in [-0.2, -0.15) is 0 Å². The van der Waals surface area contributed by atoms with E-state index in [9.17, 15) is 8.42 Å². The summed E-state index contributed by atoms with van der Waals surface area (Å²) in [7, 11) is -3.76. The van der Waals surface area contributed by atoms with Gasteiger partial charge in [-0.3, -0.25) is 0 Å². The van der Waals surface area contributed by atoms with Crippen molar-refractivity contribution in [2.75, 3.05) is 17.2 Å². The number of nitrogen functional groups attached to an aromatic ring is 1. The Bertz CT molecular complexity index is 607. The second-order valence-electron chi connectivity index (χ2n) is 5.90. The third-order valence-electron chi connectivity index (χ3n) is 3.75. The molecule has 0 bridgehead atoms. The summed E-state index contributed by atoms with van der Waals surface area (Å²) in [5.74, 6) is 0.705. The predicted octanol–water partition coefficient (Wildman–Crippen LogP) is 1.85. The lowest BCUT2D eigenvalue weighted by Gasteiger charge is -2.31. The number of hydrogen-bond donors (Lipinski definition) is 2. The van der Waals surface area contributed by atoms with Gasteiger partial charge in [0.1, 0.15) is 0 Å². The van der Waals surface area contributed by atoms with E-state index in [1.54, 1.807) is 6.92 Å². The number of sulfonamides is 1. The number of hydrogen-bond acceptors (Lipinski definition) is 4. The average molecular weight is 297 g/mol. The quantitative estimate of drug-likeness (QED) is 0.812. The molecule has 1 aliphatic carbocycles. The molecule has 0 aliphatic heterocycles. The molecule has 6 heteroatoms. The van der Waals surface area contributed by atoms with Crippen molar-refractivity contribution in [2.24, 2.45) is 11.1 Å². The lowest BCUT2D eigenvalue weighted by Crippen LogP contribution is -2.33. The topological polar surface area (TPSA) is 89.4 Å². The van der Waals surface area contributed by atoms with Crippen molar-refractivity contribution in [3.8, 4) is 0 Å². The first-order valence-electron chi connectivity index (χ1n) is 6.89. The summed E-state index contributed by atoms with van der Waals surface area (Å²) in [6.45, 7) is 6.92. The predicted molar refractivity (Wildman–Crippen MR) is 82.2 cm³/mol. The Morgan fingerprint density at radius 3 is 2.40 bits per heavy atom. The Morgan fingerprint density at radius 1 is 1.35 bits per heavy atom. The molecule has 1 aromatic rings. The molecule has 112 valence electrons. The van der Waals surface area contributed by atoms with E-state index in [1.165, 1.54) is 18.9 Å². The fraction of sp³-hybridized carbons (Fsp3) is 0.571. The maximum absolute atomic E-state index is 11.7. The summed E-state index contributed by atoms with van der Waals surface area (Å²) in [6.07, 6.45) is 2.49. The Labute approximate surface area is 121 Å². The van der Waals surface area contributed by atoms with Crippen LogP contribution in [0.3, 0.4) is 0 Å². The number of benzene rings is 1. The lowest BCUT2D eigenvalue weighted by atomic mass is 10.1. The van der Waals surface area contributed by atoms with Gasteiger partial charge in [-0.25, -0.2) is 13.6 Å². The zero-order chi connectivity index (χ0) is 15.1. The van der Waals surface area contributed by atoms with Gasteiger partial charge in [0.05, 0.1) is 4.90 Å². The van der Waals surface area contributed by atoms with Gasteiger partial charge in [0, 0.05) is 24.0 Å². The molecule has 0 aromatic heterocycles. The van der Waals surface area contributed by atoms with Gasteiger partial charge < -0.3 is 10.6 Å². The van der Waals surface area contributed by atoms with Crippen LogP contribution in [0.5, 0.6) is 0 Å². The zero-order valence-corrected chi connectivity index (χ0v) is 13.1. The molecule has 4 N–H and O–H groups in total. The molecule has 0 heterocycles. The summed E-state index contributed by atoms with van der Waals surface area (Å²) in [5, 5.41) is 5.28. The fourth-order valence-corrected chi connectivity index (χ4v) is 3.29. The van der Waals surface area contributed by atoms with Gasteiger partial charge in [0.25, 0.3) is 0 Å². The number of primary sulfonamides is 1. The van der Waals surface area contributed by atoms with Crippen molar-refractivity contribution in [2.45, 2.75) is 44.6 Å². The first kappa shape index (κ1) is 15.1. The zero-order valence-electron chi connectivity index (χ0n) is 12.3. The molecular formula is C14H23N3O2S. The van der Waals surface area contributed by atoms with Crippen LogP contribution in [-0.2, 0) is 10.0 Å². The highest BCUT2D eigenvalue weighted by Crippen LogP contribution is 2.35. The molecule has 0 atom stereocenters. The minimum Gasteiger partial charge on any atom is -0.399 e. The number of anilines is 2. The van der Waals surface area contributed by atoms with E-state index in [2.05, 4.69) is 18.7 Å². The maximum atomic E-state index is 11.7. The fourth-order valence-electron chi connectivity index (χ4n) is 2.45. The molecule has 0 amide bonds. The molecule has 0 radical (unpaired) electrons. The number of nitrogens with zero attached hydrogens (tertiary/aromatic N) is 1. The van der Waals surface area contributed by atoms with Crippen LogP contribution in [0.2, 0.25) is 0 Å². The highest BCUT2D eigenvalue weighted by atomic mass is 32.2. The molecule has 5 nitrogen and oxygen atoms in total. The van der Waals surface area contributed by atoms with E-state index in [1.807, 2.05) is 6.07 Å². The Hall–Kier alpha value is -1.27. The van der Waals surface area contributed by atoms with E-state index in [0.29, 0.717) is 17.2 Å². The Balaban J connectivity index is 2.51. The van der Waals surface area contributed by atoms with Gasteiger partial charge in [0.15, 0.2) is 0 Å². The average Bonchev–Trinajstić information content (AvgIpc) is 3.11. The van der Waals surface area contributed by atoms with Crippen LogP contribution < -0.4 is 15.8 Å². The molecule has 0 unspecified atom stereocenters. The van der Waals surface area contributed by atoms with Crippen LogP contribution in [0.15, 0.2) is 17.0 Å². The minimum absolute atomic E-state index is 0.119. The monoisotopic (exact) mass is 297 g/mol. The second-order valence-corrected chi connectivity index (χ2v) is 7.43.